The topological polar surface area (TPSA) is 44.8 Å². The number of carbonyl (C=O) groups is 1. The zero-order valence-electron chi connectivity index (χ0n) is 7.44. The lowest BCUT2D eigenvalue weighted by Gasteiger charge is -2.09. The van der Waals surface area contributed by atoms with E-state index in [-0.39, 0.29) is 0 Å². The fraction of sp³-hybridized carbons (Fsp3) is 0.222. The highest BCUT2D eigenvalue weighted by atomic mass is 16.6. The van der Waals surface area contributed by atoms with E-state index in [1.165, 1.54) is 14.2 Å². The first-order valence-electron chi connectivity index (χ1n) is 3.64. The Morgan fingerprint density at radius 1 is 1.15 bits per heavy atom. The van der Waals surface area contributed by atoms with E-state index in [0.29, 0.717) is 23.7 Å². The van der Waals surface area contributed by atoms with Crippen molar-refractivity contribution in [1.29, 1.82) is 0 Å². The van der Waals surface area contributed by atoms with Crippen LogP contribution in [-0.4, -0.2) is 20.7 Å². The molecule has 70 valence electrons. The molecule has 0 spiro atoms. The van der Waals surface area contributed by atoms with Crippen LogP contribution in [0.25, 0.3) is 0 Å². The minimum Gasteiger partial charge on any atom is -0.493 e. The molecule has 1 rings (SSSR count). The van der Waals surface area contributed by atoms with Crippen molar-refractivity contribution in [2.24, 2.45) is 0 Å². The van der Waals surface area contributed by atoms with Crippen LogP contribution in [0.5, 0.6) is 17.2 Å². The Balaban J connectivity index is 3.10. The van der Waals surface area contributed by atoms with Gasteiger partial charge in [0.2, 0.25) is 5.75 Å². The summed E-state index contributed by atoms with van der Waals surface area (Å²) < 4.78 is 14.7. The van der Waals surface area contributed by atoms with Crippen LogP contribution >= 0.6 is 0 Å². The maximum absolute atomic E-state index is 10.1. The largest absolute Gasteiger partial charge is 0.493 e. The van der Waals surface area contributed by atoms with Crippen molar-refractivity contribution in [3.8, 4) is 17.2 Å². The molecule has 0 bridgehead atoms. The fourth-order valence-corrected chi connectivity index (χ4v) is 1.00. The standard InChI is InChI=1S/C9H10O4/c1-11-7-4-3-5-8(13-6-10)9(7)12-2/h3-6H,1-2H3. The number of carbonyl (C=O) groups excluding carboxylic acids is 1. The molecular weight excluding hydrogens is 172 g/mol. The lowest BCUT2D eigenvalue weighted by molar-refractivity contribution is -0.120. The molecule has 0 radical (unpaired) electrons. The summed E-state index contributed by atoms with van der Waals surface area (Å²) >= 11 is 0. The smallest absolute Gasteiger partial charge is 0.298 e. The number of rotatable bonds is 4. The van der Waals surface area contributed by atoms with Crippen LogP contribution in [-0.2, 0) is 4.79 Å². The van der Waals surface area contributed by atoms with Gasteiger partial charge < -0.3 is 14.2 Å². The minimum atomic E-state index is 0.344. The van der Waals surface area contributed by atoms with Gasteiger partial charge in [-0.3, -0.25) is 4.79 Å². The van der Waals surface area contributed by atoms with Crippen molar-refractivity contribution in [1.82, 2.24) is 0 Å². The first-order valence-corrected chi connectivity index (χ1v) is 3.64. The molecule has 0 N–H and O–H groups in total. The van der Waals surface area contributed by atoms with Gasteiger partial charge in [0.15, 0.2) is 11.5 Å². The third-order valence-electron chi connectivity index (χ3n) is 1.54. The summed E-state index contributed by atoms with van der Waals surface area (Å²) in [5, 5.41) is 0. The van der Waals surface area contributed by atoms with Gasteiger partial charge in [0.05, 0.1) is 14.2 Å². The summed E-state index contributed by atoms with van der Waals surface area (Å²) in [5.41, 5.74) is 0. The van der Waals surface area contributed by atoms with Gasteiger partial charge in [0.1, 0.15) is 0 Å². The average Bonchev–Trinajstić information content (AvgIpc) is 2.18. The van der Waals surface area contributed by atoms with Gasteiger partial charge in [-0.15, -0.1) is 0 Å². The Morgan fingerprint density at radius 3 is 2.38 bits per heavy atom. The van der Waals surface area contributed by atoms with Crippen molar-refractivity contribution in [2.45, 2.75) is 0 Å². The van der Waals surface area contributed by atoms with Crippen molar-refractivity contribution in [3.63, 3.8) is 0 Å². The fourth-order valence-electron chi connectivity index (χ4n) is 1.00. The minimum absolute atomic E-state index is 0.344. The van der Waals surface area contributed by atoms with Crippen LogP contribution in [0.2, 0.25) is 0 Å². The van der Waals surface area contributed by atoms with E-state index in [9.17, 15) is 4.79 Å². The summed E-state index contributed by atoms with van der Waals surface area (Å²) in [6.07, 6.45) is 0. The van der Waals surface area contributed by atoms with Gasteiger partial charge in [0, 0.05) is 0 Å². The van der Waals surface area contributed by atoms with Crippen LogP contribution in [0.15, 0.2) is 18.2 Å². The second kappa shape index (κ2) is 4.35. The molecule has 0 heterocycles. The molecule has 0 atom stereocenters. The van der Waals surface area contributed by atoms with Crippen molar-refractivity contribution < 1.29 is 19.0 Å². The Labute approximate surface area is 76.0 Å². The second-order valence-electron chi connectivity index (χ2n) is 2.21. The number of hydrogen-bond acceptors (Lipinski definition) is 4. The lowest BCUT2D eigenvalue weighted by Crippen LogP contribution is -1.95. The monoisotopic (exact) mass is 182 g/mol. The van der Waals surface area contributed by atoms with E-state index in [1.807, 2.05) is 0 Å². The molecule has 0 saturated heterocycles. The van der Waals surface area contributed by atoms with E-state index in [2.05, 4.69) is 4.74 Å². The van der Waals surface area contributed by atoms with Crippen LogP contribution in [0.3, 0.4) is 0 Å². The van der Waals surface area contributed by atoms with E-state index >= 15 is 0 Å². The lowest BCUT2D eigenvalue weighted by atomic mass is 10.3. The Hall–Kier alpha value is -1.71. The summed E-state index contributed by atoms with van der Waals surface area (Å²) in [5.74, 6) is 1.29. The van der Waals surface area contributed by atoms with Gasteiger partial charge in [-0.25, -0.2) is 0 Å². The zero-order valence-corrected chi connectivity index (χ0v) is 7.44. The maximum atomic E-state index is 10.1. The highest BCUT2D eigenvalue weighted by molar-refractivity contribution is 5.56. The first kappa shape index (κ1) is 9.38. The summed E-state index contributed by atoms with van der Waals surface area (Å²) in [6, 6.07) is 5.05. The van der Waals surface area contributed by atoms with Gasteiger partial charge in [0.25, 0.3) is 6.47 Å². The molecular formula is C9H10O4. The van der Waals surface area contributed by atoms with Gasteiger partial charge in [-0.1, -0.05) is 6.07 Å². The third-order valence-corrected chi connectivity index (χ3v) is 1.54. The third kappa shape index (κ3) is 1.90. The molecule has 0 aliphatic rings. The predicted molar refractivity (Wildman–Crippen MR) is 46.2 cm³/mol. The molecule has 0 aromatic heterocycles. The molecule has 0 fully saturated rings. The van der Waals surface area contributed by atoms with E-state index in [4.69, 9.17) is 9.47 Å². The number of ether oxygens (including phenoxy) is 3. The van der Waals surface area contributed by atoms with Crippen molar-refractivity contribution >= 4 is 6.47 Å². The zero-order chi connectivity index (χ0) is 9.68. The molecule has 4 heteroatoms. The molecule has 13 heavy (non-hydrogen) atoms. The highest BCUT2D eigenvalue weighted by Gasteiger charge is 2.09. The Bertz CT molecular complexity index is 296. The molecule has 0 saturated carbocycles. The molecule has 1 aromatic rings. The highest BCUT2D eigenvalue weighted by Crippen LogP contribution is 2.36. The molecule has 0 aliphatic heterocycles. The summed E-state index contributed by atoms with van der Waals surface area (Å²) in [7, 11) is 3.00. The molecule has 0 aliphatic carbocycles. The van der Waals surface area contributed by atoms with Crippen LogP contribution in [0.4, 0.5) is 0 Å². The Kier molecular flexibility index (Phi) is 3.14. The van der Waals surface area contributed by atoms with Gasteiger partial charge in [-0.2, -0.15) is 0 Å². The predicted octanol–water partition coefficient (Wildman–Crippen LogP) is 1.24. The average molecular weight is 182 g/mol. The van der Waals surface area contributed by atoms with E-state index in [0.717, 1.165) is 0 Å². The normalized spacial score (nSPS) is 9.08. The molecule has 0 amide bonds. The van der Waals surface area contributed by atoms with E-state index < -0.39 is 0 Å². The number of hydrogen-bond donors (Lipinski definition) is 0. The van der Waals surface area contributed by atoms with Crippen LogP contribution in [0.1, 0.15) is 0 Å². The molecule has 1 aromatic carbocycles. The Morgan fingerprint density at radius 2 is 1.85 bits per heavy atom. The summed E-state index contributed by atoms with van der Waals surface area (Å²) in [6.45, 7) is 0.345. The maximum Gasteiger partial charge on any atom is 0.298 e. The molecule has 0 unspecified atom stereocenters. The van der Waals surface area contributed by atoms with Crippen LogP contribution in [0, 0.1) is 0 Å². The quantitative estimate of drug-likeness (QED) is 0.657. The van der Waals surface area contributed by atoms with Gasteiger partial charge in [-0.05, 0) is 12.1 Å². The number of benzene rings is 1. The van der Waals surface area contributed by atoms with Gasteiger partial charge >= 0.3 is 0 Å². The van der Waals surface area contributed by atoms with Crippen LogP contribution < -0.4 is 14.2 Å². The second-order valence-corrected chi connectivity index (χ2v) is 2.21. The van der Waals surface area contributed by atoms with E-state index in [1.54, 1.807) is 18.2 Å². The SMILES string of the molecule is COc1cccc(OC=O)c1OC. The number of para-hydroxylation sites is 1. The number of methoxy groups -OCH3 is 2. The summed E-state index contributed by atoms with van der Waals surface area (Å²) in [4.78, 5) is 10.1. The van der Waals surface area contributed by atoms with Crippen molar-refractivity contribution in [3.05, 3.63) is 18.2 Å². The van der Waals surface area contributed by atoms with Crippen molar-refractivity contribution in [2.75, 3.05) is 14.2 Å². The first-order chi connectivity index (χ1) is 6.33. The molecule has 4 nitrogen and oxygen atoms in total.